The Labute approximate surface area is 155 Å². The Balaban J connectivity index is 1.92. The SMILES string of the molecule is CCCC1CCC(c2ccc(F)cc2)(c2ccc(OB(O)O)cc2)CC1. The van der Waals surface area contributed by atoms with Gasteiger partial charge in [-0.25, -0.2) is 4.39 Å². The summed E-state index contributed by atoms with van der Waals surface area (Å²) in [6.45, 7) is 2.23. The van der Waals surface area contributed by atoms with E-state index in [4.69, 9.17) is 14.7 Å². The smallest absolute Gasteiger partial charge is 0.512 e. The summed E-state index contributed by atoms with van der Waals surface area (Å²) in [6.07, 6.45) is 6.88. The van der Waals surface area contributed by atoms with E-state index in [1.807, 2.05) is 24.3 Å². The van der Waals surface area contributed by atoms with Crippen LogP contribution in [0.15, 0.2) is 48.5 Å². The van der Waals surface area contributed by atoms with Crippen LogP contribution in [0.3, 0.4) is 0 Å². The summed E-state index contributed by atoms with van der Waals surface area (Å²) in [5, 5.41) is 17.9. The number of benzene rings is 2. The molecule has 1 aliphatic carbocycles. The summed E-state index contributed by atoms with van der Waals surface area (Å²) in [5.74, 6) is 0.961. The summed E-state index contributed by atoms with van der Waals surface area (Å²) < 4.78 is 18.4. The zero-order chi connectivity index (χ0) is 18.6. The summed E-state index contributed by atoms with van der Waals surface area (Å²) in [5.41, 5.74) is 2.18. The molecule has 26 heavy (non-hydrogen) atoms. The fourth-order valence-electron chi connectivity index (χ4n) is 4.35. The van der Waals surface area contributed by atoms with Crippen molar-refractivity contribution in [3.63, 3.8) is 0 Å². The van der Waals surface area contributed by atoms with Gasteiger partial charge in [0, 0.05) is 5.41 Å². The lowest BCUT2D eigenvalue weighted by Gasteiger charge is -2.41. The van der Waals surface area contributed by atoms with Crippen LogP contribution in [-0.2, 0) is 5.41 Å². The van der Waals surface area contributed by atoms with E-state index in [0.717, 1.165) is 24.3 Å². The largest absolute Gasteiger partial charge is 0.707 e. The highest BCUT2D eigenvalue weighted by molar-refractivity contribution is 6.33. The van der Waals surface area contributed by atoms with Crippen LogP contribution in [-0.4, -0.2) is 17.4 Å². The molecule has 0 aromatic heterocycles. The first-order valence-corrected chi connectivity index (χ1v) is 9.43. The highest BCUT2D eigenvalue weighted by atomic mass is 19.1. The number of hydrogen-bond donors (Lipinski definition) is 2. The minimum absolute atomic E-state index is 0.131. The molecule has 138 valence electrons. The zero-order valence-electron chi connectivity index (χ0n) is 15.2. The molecule has 3 rings (SSSR count). The lowest BCUT2D eigenvalue weighted by atomic mass is 9.62. The first kappa shape index (κ1) is 18.9. The second-order valence-electron chi connectivity index (χ2n) is 7.29. The second kappa shape index (κ2) is 8.23. The molecule has 2 aromatic rings. The standard InChI is InChI=1S/C21H26BFO3/c1-2-3-16-12-14-21(15-13-16,17-4-8-19(23)9-5-17)18-6-10-20(11-7-18)26-22(24)25/h4-11,16,24-25H,2-3,12-15H2,1H3. The van der Waals surface area contributed by atoms with Crippen molar-refractivity contribution in [3.05, 3.63) is 65.5 Å². The van der Waals surface area contributed by atoms with Crippen molar-refractivity contribution in [2.24, 2.45) is 5.92 Å². The molecule has 0 saturated heterocycles. The molecule has 1 fully saturated rings. The molecule has 1 aliphatic rings. The molecule has 2 aromatic carbocycles. The molecule has 5 heteroatoms. The van der Waals surface area contributed by atoms with Crippen molar-refractivity contribution < 1.29 is 19.1 Å². The Bertz CT molecular complexity index is 692. The van der Waals surface area contributed by atoms with Gasteiger partial charge in [0.15, 0.2) is 0 Å². The van der Waals surface area contributed by atoms with E-state index in [2.05, 4.69) is 6.92 Å². The maximum Gasteiger partial charge on any atom is 0.707 e. The molecule has 0 amide bonds. The minimum atomic E-state index is -1.82. The van der Waals surface area contributed by atoms with Gasteiger partial charge in [0.2, 0.25) is 0 Å². The highest BCUT2D eigenvalue weighted by Gasteiger charge is 2.38. The van der Waals surface area contributed by atoms with E-state index in [1.54, 1.807) is 12.1 Å². The molecule has 2 N–H and O–H groups in total. The van der Waals surface area contributed by atoms with Crippen LogP contribution in [0.25, 0.3) is 0 Å². The quantitative estimate of drug-likeness (QED) is 0.752. The lowest BCUT2D eigenvalue weighted by Crippen LogP contribution is -2.33. The molecule has 0 atom stereocenters. The zero-order valence-corrected chi connectivity index (χ0v) is 15.2. The van der Waals surface area contributed by atoms with Crippen molar-refractivity contribution in [1.29, 1.82) is 0 Å². The van der Waals surface area contributed by atoms with Crippen molar-refractivity contribution >= 4 is 7.32 Å². The van der Waals surface area contributed by atoms with Crippen LogP contribution < -0.4 is 4.65 Å². The molecule has 0 unspecified atom stereocenters. The molecule has 0 spiro atoms. The topological polar surface area (TPSA) is 49.7 Å². The third-order valence-electron chi connectivity index (χ3n) is 5.70. The van der Waals surface area contributed by atoms with Gasteiger partial charge in [0.25, 0.3) is 0 Å². The van der Waals surface area contributed by atoms with E-state index in [-0.39, 0.29) is 11.2 Å². The normalized spacial score (nSPS) is 22.8. The van der Waals surface area contributed by atoms with Gasteiger partial charge in [0.05, 0.1) is 0 Å². The molecule has 3 nitrogen and oxygen atoms in total. The molecule has 0 aliphatic heterocycles. The number of hydrogen-bond acceptors (Lipinski definition) is 3. The first-order chi connectivity index (χ1) is 12.5. The summed E-state index contributed by atoms with van der Waals surface area (Å²) in [6, 6.07) is 14.4. The maximum absolute atomic E-state index is 13.5. The van der Waals surface area contributed by atoms with Crippen LogP contribution in [0.5, 0.6) is 5.75 Å². The Morgan fingerprint density at radius 1 is 1.00 bits per heavy atom. The number of rotatable bonds is 6. The van der Waals surface area contributed by atoms with Crippen LogP contribution >= 0.6 is 0 Å². The van der Waals surface area contributed by atoms with Gasteiger partial charge in [-0.2, -0.15) is 0 Å². The van der Waals surface area contributed by atoms with Crippen molar-refractivity contribution in [2.45, 2.75) is 50.9 Å². The third-order valence-corrected chi connectivity index (χ3v) is 5.70. The van der Waals surface area contributed by atoms with E-state index in [9.17, 15) is 4.39 Å². The van der Waals surface area contributed by atoms with Gasteiger partial charge < -0.3 is 14.7 Å². The predicted molar refractivity (Wildman–Crippen MR) is 101 cm³/mol. The summed E-state index contributed by atoms with van der Waals surface area (Å²) >= 11 is 0. The van der Waals surface area contributed by atoms with Crippen molar-refractivity contribution in [2.75, 3.05) is 0 Å². The van der Waals surface area contributed by atoms with Gasteiger partial charge in [-0.3, -0.25) is 0 Å². The van der Waals surface area contributed by atoms with Gasteiger partial charge in [-0.1, -0.05) is 44.0 Å². The Hall–Kier alpha value is -1.85. The van der Waals surface area contributed by atoms with Crippen LogP contribution in [0.4, 0.5) is 4.39 Å². The maximum atomic E-state index is 13.5. The lowest BCUT2D eigenvalue weighted by molar-refractivity contribution is 0.253. The fraction of sp³-hybridized carbons (Fsp3) is 0.429. The molecule has 0 heterocycles. The minimum Gasteiger partial charge on any atom is -0.512 e. The third kappa shape index (κ3) is 4.10. The molecule has 0 radical (unpaired) electrons. The van der Waals surface area contributed by atoms with Gasteiger partial charge in [0.1, 0.15) is 11.6 Å². The van der Waals surface area contributed by atoms with E-state index >= 15 is 0 Å². The van der Waals surface area contributed by atoms with Gasteiger partial charge in [-0.05, 0) is 67.0 Å². The van der Waals surface area contributed by atoms with Gasteiger partial charge >= 0.3 is 7.32 Å². The van der Waals surface area contributed by atoms with Crippen LogP contribution in [0, 0.1) is 11.7 Å². The van der Waals surface area contributed by atoms with Crippen LogP contribution in [0.1, 0.15) is 56.6 Å². The van der Waals surface area contributed by atoms with E-state index in [1.165, 1.54) is 43.4 Å². The van der Waals surface area contributed by atoms with E-state index in [0.29, 0.717) is 5.75 Å². The van der Waals surface area contributed by atoms with Crippen molar-refractivity contribution in [3.8, 4) is 5.75 Å². The molecular formula is C21H26BFO3. The first-order valence-electron chi connectivity index (χ1n) is 9.43. The monoisotopic (exact) mass is 356 g/mol. The molecular weight excluding hydrogens is 330 g/mol. The van der Waals surface area contributed by atoms with E-state index < -0.39 is 7.32 Å². The summed E-state index contributed by atoms with van der Waals surface area (Å²) in [7, 11) is -1.82. The van der Waals surface area contributed by atoms with Crippen molar-refractivity contribution in [1.82, 2.24) is 0 Å². The average molecular weight is 356 g/mol. The van der Waals surface area contributed by atoms with Gasteiger partial charge in [-0.15, -0.1) is 0 Å². The molecule has 1 saturated carbocycles. The predicted octanol–water partition coefficient (Wildman–Crippen LogP) is 4.45. The van der Waals surface area contributed by atoms with Crippen LogP contribution in [0.2, 0.25) is 0 Å². The average Bonchev–Trinajstić information content (AvgIpc) is 2.64. The molecule has 0 bridgehead atoms. The Kier molecular flexibility index (Phi) is 5.99. The number of halogens is 1. The Morgan fingerprint density at radius 3 is 2.04 bits per heavy atom. The highest BCUT2D eigenvalue weighted by Crippen LogP contribution is 2.47. The Morgan fingerprint density at radius 2 is 1.54 bits per heavy atom. The second-order valence-corrected chi connectivity index (χ2v) is 7.29. The fourth-order valence-corrected chi connectivity index (χ4v) is 4.35. The summed E-state index contributed by atoms with van der Waals surface area (Å²) in [4.78, 5) is 0.